The van der Waals surface area contributed by atoms with Crippen LogP contribution in [0.2, 0.25) is 0 Å². The molecule has 0 radical (unpaired) electrons. The average molecular weight is 255 g/mol. The molecule has 8 heteroatoms. The number of nitrogens with zero attached hydrogens (tertiary/aromatic N) is 1. The number of amides is 1. The first-order chi connectivity index (χ1) is 7.56. The van der Waals surface area contributed by atoms with Crippen molar-refractivity contribution in [2.75, 3.05) is 6.54 Å². The van der Waals surface area contributed by atoms with E-state index < -0.39 is 30.3 Å². The van der Waals surface area contributed by atoms with Crippen LogP contribution in [0.25, 0.3) is 0 Å². The summed E-state index contributed by atoms with van der Waals surface area (Å²) in [6, 6.07) is -2.05. The van der Waals surface area contributed by atoms with Gasteiger partial charge >= 0.3 is 12.3 Å². The summed E-state index contributed by atoms with van der Waals surface area (Å²) in [6.07, 6.45) is -6.20. The summed E-state index contributed by atoms with van der Waals surface area (Å²) in [5.74, 6) is 0. The number of ether oxygens (including phenoxy) is 1. The molecular formula is C9H16F3N3O2. The highest BCUT2D eigenvalue weighted by Crippen LogP contribution is 2.23. The SMILES string of the molecule is CC(C)(C)OC(=O)NC(CCN=N)C(F)(F)F. The van der Waals surface area contributed by atoms with E-state index in [4.69, 9.17) is 10.3 Å². The number of hydrogen-bond donors (Lipinski definition) is 2. The molecule has 0 aliphatic carbocycles. The summed E-state index contributed by atoms with van der Waals surface area (Å²) >= 11 is 0. The Bertz CT molecular complexity index is 274. The number of halogens is 3. The van der Waals surface area contributed by atoms with Crippen LogP contribution in [0.5, 0.6) is 0 Å². The Morgan fingerprint density at radius 1 is 1.41 bits per heavy atom. The number of alkyl carbamates (subject to hydrolysis) is 1. The molecule has 0 bridgehead atoms. The normalized spacial score (nSPS) is 14.0. The second kappa shape index (κ2) is 5.83. The van der Waals surface area contributed by atoms with Crippen LogP contribution in [0.3, 0.4) is 0 Å². The van der Waals surface area contributed by atoms with Crippen molar-refractivity contribution in [3.05, 3.63) is 0 Å². The lowest BCUT2D eigenvalue weighted by atomic mass is 10.2. The number of alkyl halides is 3. The molecule has 1 amide bonds. The van der Waals surface area contributed by atoms with E-state index in [-0.39, 0.29) is 6.54 Å². The third kappa shape index (κ3) is 7.53. The second-order valence-corrected chi connectivity index (χ2v) is 4.41. The Morgan fingerprint density at radius 3 is 2.29 bits per heavy atom. The first kappa shape index (κ1) is 15.7. The van der Waals surface area contributed by atoms with E-state index in [9.17, 15) is 18.0 Å². The van der Waals surface area contributed by atoms with Gasteiger partial charge in [0.25, 0.3) is 0 Å². The van der Waals surface area contributed by atoms with Crippen molar-refractivity contribution in [3.8, 4) is 0 Å². The van der Waals surface area contributed by atoms with Crippen LogP contribution in [-0.4, -0.2) is 30.5 Å². The second-order valence-electron chi connectivity index (χ2n) is 4.41. The Kier molecular flexibility index (Phi) is 5.37. The highest BCUT2D eigenvalue weighted by Gasteiger charge is 2.41. The van der Waals surface area contributed by atoms with Crippen LogP contribution in [0, 0.1) is 5.53 Å². The van der Waals surface area contributed by atoms with E-state index in [1.807, 2.05) is 0 Å². The van der Waals surface area contributed by atoms with Gasteiger partial charge in [-0.15, -0.1) is 0 Å². The third-order valence-corrected chi connectivity index (χ3v) is 1.62. The Hall–Kier alpha value is -1.34. The summed E-state index contributed by atoms with van der Waals surface area (Å²) < 4.78 is 42.1. The standard InChI is InChI=1S/C9H16F3N3O2/c1-8(2,3)17-7(16)15-6(4-5-14-13)9(10,11)12/h6,13H,4-5H2,1-3H3,(H,15,16). The molecule has 0 saturated heterocycles. The van der Waals surface area contributed by atoms with E-state index in [0.29, 0.717) is 0 Å². The van der Waals surface area contributed by atoms with Crippen molar-refractivity contribution >= 4 is 6.09 Å². The van der Waals surface area contributed by atoms with Gasteiger partial charge in [0.2, 0.25) is 0 Å². The van der Waals surface area contributed by atoms with Crippen molar-refractivity contribution in [2.24, 2.45) is 5.11 Å². The third-order valence-electron chi connectivity index (χ3n) is 1.62. The smallest absolute Gasteiger partial charge is 0.408 e. The Labute approximate surface area is 97.2 Å². The molecule has 0 spiro atoms. The molecule has 0 saturated carbocycles. The zero-order chi connectivity index (χ0) is 13.7. The van der Waals surface area contributed by atoms with Crippen LogP contribution in [0.1, 0.15) is 27.2 Å². The Morgan fingerprint density at radius 2 is 1.94 bits per heavy atom. The van der Waals surface area contributed by atoms with Gasteiger partial charge in [-0.25, -0.2) is 10.3 Å². The van der Waals surface area contributed by atoms with Gasteiger partial charge in [-0.1, -0.05) is 0 Å². The molecular weight excluding hydrogens is 239 g/mol. The monoisotopic (exact) mass is 255 g/mol. The number of carbonyl (C=O) groups is 1. The number of nitrogens with one attached hydrogen (secondary N) is 2. The zero-order valence-corrected chi connectivity index (χ0v) is 9.89. The number of rotatable bonds is 4. The van der Waals surface area contributed by atoms with Crippen molar-refractivity contribution in [1.29, 1.82) is 5.53 Å². The molecule has 0 aromatic rings. The lowest BCUT2D eigenvalue weighted by Gasteiger charge is -2.24. The molecule has 5 nitrogen and oxygen atoms in total. The van der Waals surface area contributed by atoms with Crippen LogP contribution >= 0.6 is 0 Å². The van der Waals surface area contributed by atoms with Crippen LogP contribution < -0.4 is 5.32 Å². The summed E-state index contributed by atoms with van der Waals surface area (Å²) in [4.78, 5) is 11.2. The van der Waals surface area contributed by atoms with Gasteiger partial charge in [0.15, 0.2) is 0 Å². The lowest BCUT2D eigenvalue weighted by molar-refractivity contribution is -0.156. The highest BCUT2D eigenvalue weighted by atomic mass is 19.4. The minimum atomic E-state index is -4.58. The largest absolute Gasteiger partial charge is 0.444 e. The van der Waals surface area contributed by atoms with Crippen molar-refractivity contribution in [2.45, 2.75) is 45.0 Å². The molecule has 0 aliphatic heterocycles. The summed E-state index contributed by atoms with van der Waals surface area (Å²) in [5, 5.41) is 4.55. The summed E-state index contributed by atoms with van der Waals surface area (Å²) in [6.45, 7) is 4.34. The topological polar surface area (TPSA) is 74.5 Å². The van der Waals surface area contributed by atoms with E-state index in [1.165, 1.54) is 0 Å². The van der Waals surface area contributed by atoms with Gasteiger partial charge < -0.3 is 10.1 Å². The van der Waals surface area contributed by atoms with E-state index >= 15 is 0 Å². The van der Waals surface area contributed by atoms with Gasteiger partial charge in [-0.2, -0.15) is 18.3 Å². The molecule has 100 valence electrons. The minimum Gasteiger partial charge on any atom is -0.444 e. The maximum Gasteiger partial charge on any atom is 0.408 e. The summed E-state index contributed by atoms with van der Waals surface area (Å²) in [5.41, 5.74) is 5.58. The van der Waals surface area contributed by atoms with E-state index in [0.717, 1.165) is 0 Å². The predicted molar refractivity (Wildman–Crippen MR) is 53.8 cm³/mol. The van der Waals surface area contributed by atoms with Crippen LogP contribution in [-0.2, 0) is 4.74 Å². The average Bonchev–Trinajstić information content (AvgIpc) is 2.07. The number of hydrogen-bond acceptors (Lipinski definition) is 4. The van der Waals surface area contributed by atoms with Crippen molar-refractivity contribution < 1.29 is 22.7 Å². The Balaban J connectivity index is 4.43. The van der Waals surface area contributed by atoms with Gasteiger partial charge in [-0.3, -0.25) is 0 Å². The van der Waals surface area contributed by atoms with Crippen molar-refractivity contribution in [1.82, 2.24) is 5.32 Å². The highest BCUT2D eigenvalue weighted by molar-refractivity contribution is 5.68. The maximum absolute atomic E-state index is 12.5. The van der Waals surface area contributed by atoms with Gasteiger partial charge in [0.05, 0.1) is 6.54 Å². The molecule has 1 atom stereocenters. The predicted octanol–water partition coefficient (Wildman–Crippen LogP) is 2.86. The number of carbonyl (C=O) groups excluding carboxylic acids is 1. The molecule has 17 heavy (non-hydrogen) atoms. The van der Waals surface area contributed by atoms with Crippen LogP contribution in [0.4, 0.5) is 18.0 Å². The summed E-state index contributed by atoms with van der Waals surface area (Å²) in [7, 11) is 0. The minimum absolute atomic E-state index is 0.306. The molecule has 0 aromatic carbocycles. The quantitative estimate of drug-likeness (QED) is 0.758. The fourth-order valence-corrected chi connectivity index (χ4v) is 0.961. The molecule has 0 heterocycles. The molecule has 2 N–H and O–H groups in total. The fourth-order valence-electron chi connectivity index (χ4n) is 0.961. The zero-order valence-electron chi connectivity index (χ0n) is 9.89. The fraction of sp³-hybridized carbons (Fsp3) is 0.889. The molecule has 0 rings (SSSR count). The maximum atomic E-state index is 12.5. The van der Waals surface area contributed by atoms with Gasteiger partial charge in [-0.05, 0) is 27.2 Å². The first-order valence-corrected chi connectivity index (χ1v) is 4.95. The molecule has 1 unspecified atom stereocenters. The van der Waals surface area contributed by atoms with E-state index in [1.54, 1.807) is 26.1 Å². The molecule has 0 aromatic heterocycles. The lowest BCUT2D eigenvalue weighted by Crippen LogP contribution is -2.47. The molecule has 0 fully saturated rings. The first-order valence-electron chi connectivity index (χ1n) is 4.95. The van der Waals surface area contributed by atoms with Gasteiger partial charge in [0, 0.05) is 0 Å². The van der Waals surface area contributed by atoms with Gasteiger partial charge in [0.1, 0.15) is 11.6 Å². The molecule has 0 aliphatic rings. The van der Waals surface area contributed by atoms with Crippen molar-refractivity contribution in [3.63, 3.8) is 0 Å². The van der Waals surface area contributed by atoms with Crippen LogP contribution in [0.15, 0.2) is 5.11 Å². The van der Waals surface area contributed by atoms with E-state index in [2.05, 4.69) is 5.11 Å².